The SMILES string of the molecule is FC(F)(F)c1ccc(-c2ccnc(-c3ccccn3)n2)cc1. The molecule has 0 aliphatic carbocycles. The number of nitrogens with zero attached hydrogens (tertiary/aromatic N) is 3. The highest BCUT2D eigenvalue weighted by Gasteiger charge is 2.30. The summed E-state index contributed by atoms with van der Waals surface area (Å²) in [5.74, 6) is 0.429. The maximum atomic E-state index is 12.6. The zero-order chi connectivity index (χ0) is 15.6. The first-order valence-electron chi connectivity index (χ1n) is 6.46. The van der Waals surface area contributed by atoms with Crippen molar-refractivity contribution in [3.05, 3.63) is 66.5 Å². The van der Waals surface area contributed by atoms with Gasteiger partial charge in [-0.2, -0.15) is 13.2 Å². The molecule has 110 valence electrons. The summed E-state index contributed by atoms with van der Waals surface area (Å²) < 4.78 is 37.7. The molecule has 3 rings (SSSR count). The van der Waals surface area contributed by atoms with Gasteiger partial charge in [0.05, 0.1) is 11.3 Å². The summed E-state index contributed by atoms with van der Waals surface area (Å²) in [5, 5.41) is 0. The molecule has 3 aromatic rings. The summed E-state index contributed by atoms with van der Waals surface area (Å²) in [5.41, 5.74) is 1.06. The van der Waals surface area contributed by atoms with Crippen molar-refractivity contribution in [2.45, 2.75) is 6.18 Å². The summed E-state index contributed by atoms with van der Waals surface area (Å²) >= 11 is 0. The van der Waals surface area contributed by atoms with Gasteiger partial charge in [0.2, 0.25) is 0 Å². The van der Waals surface area contributed by atoms with E-state index < -0.39 is 11.7 Å². The van der Waals surface area contributed by atoms with Crippen LogP contribution in [0.2, 0.25) is 0 Å². The molecule has 2 heterocycles. The quantitative estimate of drug-likeness (QED) is 0.711. The lowest BCUT2D eigenvalue weighted by molar-refractivity contribution is -0.137. The monoisotopic (exact) mass is 301 g/mol. The summed E-state index contributed by atoms with van der Waals surface area (Å²) in [6, 6.07) is 11.9. The maximum absolute atomic E-state index is 12.6. The van der Waals surface area contributed by atoms with Gasteiger partial charge < -0.3 is 0 Å². The highest BCUT2D eigenvalue weighted by molar-refractivity contribution is 5.62. The molecule has 0 aliphatic heterocycles. The number of aromatic nitrogens is 3. The van der Waals surface area contributed by atoms with Gasteiger partial charge >= 0.3 is 6.18 Å². The number of benzene rings is 1. The number of hydrogen-bond acceptors (Lipinski definition) is 3. The van der Waals surface area contributed by atoms with Crippen molar-refractivity contribution >= 4 is 0 Å². The van der Waals surface area contributed by atoms with E-state index in [0.29, 0.717) is 22.8 Å². The first kappa shape index (κ1) is 14.2. The van der Waals surface area contributed by atoms with E-state index in [0.717, 1.165) is 12.1 Å². The van der Waals surface area contributed by atoms with Crippen LogP contribution in [-0.4, -0.2) is 15.0 Å². The third-order valence-electron chi connectivity index (χ3n) is 3.06. The van der Waals surface area contributed by atoms with Crippen molar-refractivity contribution in [1.29, 1.82) is 0 Å². The Morgan fingerprint density at radius 2 is 1.50 bits per heavy atom. The number of rotatable bonds is 2. The fourth-order valence-electron chi connectivity index (χ4n) is 1.97. The molecule has 0 atom stereocenters. The van der Waals surface area contributed by atoms with Crippen LogP contribution in [0, 0.1) is 0 Å². The Bertz CT molecular complexity index is 769. The molecule has 0 spiro atoms. The molecule has 6 heteroatoms. The Kier molecular flexibility index (Phi) is 3.58. The predicted molar refractivity (Wildman–Crippen MR) is 75.7 cm³/mol. The van der Waals surface area contributed by atoms with Crippen molar-refractivity contribution < 1.29 is 13.2 Å². The van der Waals surface area contributed by atoms with Crippen molar-refractivity contribution in [1.82, 2.24) is 15.0 Å². The molecule has 0 unspecified atom stereocenters. The van der Waals surface area contributed by atoms with Gasteiger partial charge in [0.25, 0.3) is 0 Å². The minimum Gasteiger partial charge on any atom is -0.253 e. The molecule has 3 nitrogen and oxygen atoms in total. The summed E-state index contributed by atoms with van der Waals surface area (Å²) in [7, 11) is 0. The van der Waals surface area contributed by atoms with E-state index in [1.807, 2.05) is 6.07 Å². The van der Waals surface area contributed by atoms with E-state index in [4.69, 9.17) is 0 Å². The van der Waals surface area contributed by atoms with E-state index in [1.54, 1.807) is 30.6 Å². The molecule has 0 aliphatic rings. The Balaban J connectivity index is 1.96. The van der Waals surface area contributed by atoms with Gasteiger partial charge in [-0.3, -0.25) is 4.98 Å². The molecular formula is C16H10F3N3. The number of alkyl halides is 3. The number of halogens is 3. The number of pyridine rings is 1. The van der Waals surface area contributed by atoms with Gasteiger partial charge in [0, 0.05) is 18.0 Å². The fraction of sp³-hybridized carbons (Fsp3) is 0.0625. The second-order valence-corrected chi connectivity index (χ2v) is 4.56. The van der Waals surface area contributed by atoms with Crippen LogP contribution >= 0.6 is 0 Å². The molecule has 0 saturated heterocycles. The van der Waals surface area contributed by atoms with Crippen molar-refractivity contribution in [3.63, 3.8) is 0 Å². The van der Waals surface area contributed by atoms with Gasteiger partial charge in [0.1, 0.15) is 5.69 Å². The van der Waals surface area contributed by atoms with Crippen LogP contribution in [0.25, 0.3) is 22.8 Å². The van der Waals surface area contributed by atoms with Gasteiger partial charge in [-0.25, -0.2) is 9.97 Å². The molecule has 0 fully saturated rings. The molecule has 0 bridgehead atoms. The highest BCUT2D eigenvalue weighted by Crippen LogP contribution is 2.30. The van der Waals surface area contributed by atoms with Crippen LogP contribution in [0.4, 0.5) is 13.2 Å². The van der Waals surface area contributed by atoms with Crippen LogP contribution in [-0.2, 0) is 6.18 Å². The van der Waals surface area contributed by atoms with E-state index in [1.165, 1.54) is 12.1 Å². The highest BCUT2D eigenvalue weighted by atomic mass is 19.4. The van der Waals surface area contributed by atoms with E-state index in [9.17, 15) is 13.2 Å². The van der Waals surface area contributed by atoms with Gasteiger partial charge in [-0.15, -0.1) is 0 Å². The van der Waals surface area contributed by atoms with Crippen LogP contribution in [0.3, 0.4) is 0 Å². The molecule has 2 aromatic heterocycles. The second kappa shape index (κ2) is 5.55. The van der Waals surface area contributed by atoms with Gasteiger partial charge in [-0.05, 0) is 30.3 Å². The average molecular weight is 301 g/mol. The lowest BCUT2D eigenvalue weighted by Crippen LogP contribution is -2.04. The first-order valence-corrected chi connectivity index (χ1v) is 6.46. The third-order valence-corrected chi connectivity index (χ3v) is 3.06. The minimum absolute atomic E-state index is 0.429. The Labute approximate surface area is 124 Å². The smallest absolute Gasteiger partial charge is 0.253 e. The standard InChI is InChI=1S/C16H10F3N3/c17-16(18,19)12-6-4-11(5-7-12)13-8-10-21-15(22-13)14-3-1-2-9-20-14/h1-10H. The van der Waals surface area contributed by atoms with Crippen molar-refractivity contribution in [2.24, 2.45) is 0 Å². The molecular weight excluding hydrogens is 291 g/mol. The average Bonchev–Trinajstić information content (AvgIpc) is 2.55. The lowest BCUT2D eigenvalue weighted by Gasteiger charge is -2.08. The van der Waals surface area contributed by atoms with Crippen LogP contribution in [0.15, 0.2) is 60.9 Å². The summed E-state index contributed by atoms with van der Waals surface area (Å²) in [4.78, 5) is 12.6. The second-order valence-electron chi connectivity index (χ2n) is 4.56. The minimum atomic E-state index is -4.34. The topological polar surface area (TPSA) is 38.7 Å². The van der Waals surface area contributed by atoms with E-state index >= 15 is 0 Å². The zero-order valence-corrected chi connectivity index (χ0v) is 11.2. The molecule has 0 N–H and O–H groups in total. The summed E-state index contributed by atoms with van der Waals surface area (Å²) in [6.07, 6.45) is -1.16. The predicted octanol–water partition coefficient (Wildman–Crippen LogP) is 4.22. The number of hydrogen-bond donors (Lipinski definition) is 0. The Morgan fingerprint density at radius 3 is 2.14 bits per heavy atom. The van der Waals surface area contributed by atoms with Crippen LogP contribution in [0.1, 0.15) is 5.56 Å². The molecule has 0 radical (unpaired) electrons. The fourth-order valence-corrected chi connectivity index (χ4v) is 1.97. The van der Waals surface area contributed by atoms with Crippen LogP contribution in [0.5, 0.6) is 0 Å². The van der Waals surface area contributed by atoms with Crippen molar-refractivity contribution in [2.75, 3.05) is 0 Å². The van der Waals surface area contributed by atoms with Gasteiger partial charge in [-0.1, -0.05) is 18.2 Å². The van der Waals surface area contributed by atoms with Gasteiger partial charge in [0.15, 0.2) is 5.82 Å². The van der Waals surface area contributed by atoms with Crippen LogP contribution < -0.4 is 0 Å². The largest absolute Gasteiger partial charge is 0.416 e. The Hall–Kier alpha value is -2.76. The van der Waals surface area contributed by atoms with E-state index in [2.05, 4.69) is 15.0 Å². The third kappa shape index (κ3) is 2.95. The summed E-state index contributed by atoms with van der Waals surface area (Å²) in [6.45, 7) is 0. The maximum Gasteiger partial charge on any atom is 0.416 e. The Morgan fingerprint density at radius 1 is 0.727 bits per heavy atom. The van der Waals surface area contributed by atoms with Crippen molar-refractivity contribution in [3.8, 4) is 22.8 Å². The zero-order valence-electron chi connectivity index (χ0n) is 11.2. The molecule has 0 saturated carbocycles. The lowest BCUT2D eigenvalue weighted by atomic mass is 10.1. The molecule has 22 heavy (non-hydrogen) atoms. The molecule has 0 amide bonds. The normalized spacial score (nSPS) is 11.4. The van der Waals surface area contributed by atoms with E-state index in [-0.39, 0.29) is 0 Å². The molecule has 1 aromatic carbocycles. The first-order chi connectivity index (χ1) is 10.5.